The van der Waals surface area contributed by atoms with E-state index in [1.807, 2.05) is 0 Å². The number of hydrogen-bond acceptors (Lipinski definition) is 6. The quantitative estimate of drug-likeness (QED) is 0.612. The van der Waals surface area contributed by atoms with Gasteiger partial charge in [-0.25, -0.2) is 10.3 Å². The van der Waals surface area contributed by atoms with E-state index < -0.39 is 17.9 Å². The number of hydrazine groups is 1. The van der Waals surface area contributed by atoms with Crippen LogP contribution >= 0.6 is 0 Å². The van der Waals surface area contributed by atoms with Crippen LogP contribution in [0.25, 0.3) is 0 Å². The van der Waals surface area contributed by atoms with E-state index in [1.165, 1.54) is 19.5 Å². The van der Waals surface area contributed by atoms with Gasteiger partial charge in [-0.05, 0) is 24.3 Å². The van der Waals surface area contributed by atoms with Crippen LogP contribution in [0.5, 0.6) is 5.75 Å². The maximum absolute atomic E-state index is 12.5. The highest BCUT2D eigenvalue weighted by molar-refractivity contribution is 6.22. The van der Waals surface area contributed by atoms with Crippen molar-refractivity contribution in [2.24, 2.45) is 0 Å². The number of aromatic nitrogens is 1. The van der Waals surface area contributed by atoms with Crippen molar-refractivity contribution in [3.8, 4) is 5.75 Å². The van der Waals surface area contributed by atoms with E-state index in [4.69, 9.17) is 4.74 Å². The SMILES string of the molecule is COc1cccc(N2C(=O)C[C@@H](NNC(=O)c3ccncc3)C2=O)c1. The number of imide groups is 1. The van der Waals surface area contributed by atoms with Crippen molar-refractivity contribution in [1.82, 2.24) is 15.8 Å². The molecule has 1 aliphatic heterocycles. The van der Waals surface area contributed by atoms with Gasteiger partial charge < -0.3 is 4.74 Å². The van der Waals surface area contributed by atoms with Gasteiger partial charge >= 0.3 is 0 Å². The standard InChI is InChI=1S/C17H16N4O4/c1-25-13-4-2-3-12(9-13)21-15(22)10-14(17(21)24)19-20-16(23)11-5-7-18-8-6-11/h2-9,14,19H,10H2,1H3,(H,20,23)/t14-/m1/s1. The minimum Gasteiger partial charge on any atom is -0.497 e. The Balaban J connectivity index is 1.68. The van der Waals surface area contributed by atoms with E-state index in [0.717, 1.165) is 4.90 Å². The Morgan fingerprint density at radius 3 is 2.72 bits per heavy atom. The normalized spacial score (nSPS) is 16.8. The summed E-state index contributed by atoms with van der Waals surface area (Å²) in [6.45, 7) is 0. The molecule has 1 fully saturated rings. The molecule has 3 amide bonds. The smallest absolute Gasteiger partial charge is 0.265 e. The van der Waals surface area contributed by atoms with E-state index in [0.29, 0.717) is 17.0 Å². The third-order valence-corrected chi connectivity index (χ3v) is 3.76. The van der Waals surface area contributed by atoms with Crippen LogP contribution in [0.15, 0.2) is 48.8 Å². The number of hydrogen-bond donors (Lipinski definition) is 2. The van der Waals surface area contributed by atoms with Crippen molar-refractivity contribution < 1.29 is 19.1 Å². The minimum absolute atomic E-state index is 0.0489. The topological polar surface area (TPSA) is 101 Å². The van der Waals surface area contributed by atoms with Crippen molar-refractivity contribution in [3.05, 3.63) is 54.4 Å². The van der Waals surface area contributed by atoms with Crippen molar-refractivity contribution >= 4 is 23.4 Å². The summed E-state index contributed by atoms with van der Waals surface area (Å²) in [5, 5.41) is 0. The van der Waals surface area contributed by atoms with Crippen molar-refractivity contribution in [3.63, 3.8) is 0 Å². The highest BCUT2D eigenvalue weighted by Gasteiger charge is 2.39. The number of benzene rings is 1. The molecule has 1 aromatic heterocycles. The van der Waals surface area contributed by atoms with Crippen molar-refractivity contribution in [2.45, 2.75) is 12.5 Å². The molecule has 2 heterocycles. The molecule has 2 N–H and O–H groups in total. The molecular weight excluding hydrogens is 324 g/mol. The van der Waals surface area contributed by atoms with Gasteiger partial charge in [0.2, 0.25) is 5.91 Å². The molecule has 0 radical (unpaired) electrons. The molecular formula is C17H16N4O4. The molecule has 0 bridgehead atoms. The van der Waals surface area contributed by atoms with Crippen LogP contribution < -0.4 is 20.5 Å². The number of anilines is 1. The molecule has 25 heavy (non-hydrogen) atoms. The van der Waals surface area contributed by atoms with Gasteiger partial charge in [0.25, 0.3) is 11.8 Å². The number of ether oxygens (including phenoxy) is 1. The largest absolute Gasteiger partial charge is 0.497 e. The Morgan fingerprint density at radius 1 is 1.24 bits per heavy atom. The number of carbonyl (C=O) groups excluding carboxylic acids is 3. The number of nitrogens with zero attached hydrogens (tertiary/aromatic N) is 2. The summed E-state index contributed by atoms with van der Waals surface area (Å²) in [6.07, 6.45) is 2.93. The fraction of sp³-hybridized carbons (Fsp3) is 0.176. The third-order valence-electron chi connectivity index (χ3n) is 3.76. The Morgan fingerprint density at radius 2 is 2.00 bits per heavy atom. The van der Waals surface area contributed by atoms with Crippen molar-refractivity contribution in [1.29, 1.82) is 0 Å². The second-order valence-corrected chi connectivity index (χ2v) is 5.36. The maximum atomic E-state index is 12.5. The number of carbonyl (C=O) groups is 3. The Hall–Kier alpha value is -3.26. The van der Waals surface area contributed by atoms with E-state index in [2.05, 4.69) is 15.8 Å². The summed E-state index contributed by atoms with van der Waals surface area (Å²) in [6, 6.07) is 8.93. The van der Waals surface area contributed by atoms with Crippen LogP contribution in [0, 0.1) is 0 Å². The average Bonchev–Trinajstić information content (AvgIpc) is 2.94. The van der Waals surface area contributed by atoms with Gasteiger partial charge in [-0.1, -0.05) is 6.07 Å². The number of pyridine rings is 1. The lowest BCUT2D eigenvalue weighted by atomic mass is 10.2. The zero-order valence-corrected chi connectivity index (χ0v) is 13.4. The van der Waals surface area contributed by atoms with Gasteiger partial charge in [0, 0.05) is 24.0 Å². The van der Waals surface area contributed by atoms with Gasteiger partial charge in [0.15, 0.2) is 0 Å². The molecule has 1 aromatic carbocycles. The molecule has 0 spiro atoms. The number of rotatable bonds is 5. The number of nitrogens with one attached hydrogen (secondary N) is 2. The molecule has 3 rings (SSSR count). The summed E-state index contributed by atoms with van der Waals surface area (Å²) >= 11 is 0. The second-order valence-electron chi connectivity index (χ2n) is 5.36. The molecule has 0 saturated carbocycles. The van der Waals surface area contributed by atoms with E-state index >= 15 is 0 Å². The molecule has 8 heteroatoms. The molecule has 1 aliphatic rings. The van der Waals surface area contributed by atoms with Crippen LogP contribution in [0.2, 0.25) is 0 Å². The van der Waals surface area contributed by atoms with E-state index in [9.17, 15) is 14.4 Å². The molecule has 0 unspecified atom stereocenters. The first-order chi connectivity index (χ1) is 12.1. The van der Waals surface area contributed by atoms with Gasteiger partial charge in [0.1, 0.15) is 11.8 Å². The summed E-state index contributed by atoms with van der Waals surface area (Å²) in [7, 11) is 1.51. The first-order valence-electron chi connectivity index (χ1n) is 7.57. The highest BCUT2D eigenvalue weighted by Crippen LogP contribution is 2.26. The molecule has 1 saturated heterocycles. The maximum Gasteiger partial charge on any atom is 0.265 e. The lowest BCUT2D eigenvalue weighted by Gasteiger charge is -2.16. The zero-order valence-electron chi connectivity index (χ0n) is 13.4. The minimum atomic E-state index is -0.829. The number of methoxy groups -OCH3 is 1. The Labute approximate surface area is 143 Å². The monoisotopic (exact) mass is 340 g/mol. The Bertz CT molecular complexity index is 809. The van der Waals surface area contributed by atoms with E-state index in [-0.39, 0.29) is 12.3 Å². The van der Waals surface area contributed by atoms with Gasteiger partial charge in [-0.15, -0.1) is 0 Å². The molecule has 128 valence electrons. The second kappa shape index (κ2) is 7.10. The zero-order chi connectivity index (χ0) is 17.8. The van der Waals surface area contributed by atoms with Crippen LogP contribution in [0.1, 0.15) is 16.8 Å². The summed E-state index contributed by atoms with van der Waals surface area (Å²) in [4.78, 5) is 41.6. The molecule has 0 aliphatic carbocycles. The summed E-state index contributed by atoms with van der Waals surface area (Å²) in [5.74, 6) is -0.662. The highest BCUT2D eigenvalue weighted by atomic mass is 16.5. The lowest BCUT2D eigenvalue weighted by molar-refractivity contribution is -0.121. The van der Waals surface area contributed by atoms with Crippen LogP contribution in [0.4, 0.5) is 5.69 Å². The predicted molar refractivity (Wildman–Crippen MR) is 88.7 cm³/mol. The average molecular weight is 340 g/mol. The van der Waals surface area contributed by atoms with Crippen molar-refractivity contribution in [2.75, 3.05) is 12.0 Å². The summed E-state index contributed by atoms with van der Waals surface area (Å²) in [5.41, 5.74) is 5.89. The lowest BCUT2D eigenvalue weighted by Crippen LogP contribution is -2.48. The predicted octanol–water partition coefficient (Wildman–Crippen LogP) is 0.657. The summed E-state index contributed by atoms with van der Waals surface area (Å²) < 4.78 is 5.11. The molecule has 8 nitrogen and oxygen atoms in total. The van der Waals surface area contributed by atoms with Crippen LogP contribution in [0.3, 0.4) is 0 Å². The van der Waals surface area contributed by atoms with Gasteiger partial charge in [0.05, 0.1) is 19.2 Å². The van der Waals surface area contributed by atoms with Gasteiger partial charge in [-0.2, -0.15) is 0 Å². The van der Waals surface area contributed by atoms with Crippen LogP contribution in [-0.4, -0.2) is 35.9 Å². The molecule has 2 aromatic rings. The third kappa shape index (κ3) is 3.48. The Kier molecular flexibility index (Phi) is 4.71. The first kappa shape index (κ1) is 16.6. The van der Waals surface area contributed by atoms with Crippen LogP contribution in [-0.2, 0) is 9.59 Å². The molecule has 1 atom stereocenters. The first-order valence-corrected chi connectivity index (χ1v) is 7.57. The fourth-order valence-electron chi connectivity index (χ4n) is 2.49. The van der Waals surface area contributed by atoms with Gasteiger partial charge in [-0.3, -0.25) is 24.8 Å². The number of amides is 3. The van der Waals surface area contributed by atoms with E-state index in [1.54, 1.807) is 36.4 Å². The fourth-order valence-corrected chi connectivity index (χ4v) is 2.49.